The number of carbonyl (C=O) groups excluding carboxylic acids is 2. The fourth-order valence-electron chi connectivity index (χ4n) is 0.733. The van der Waals surface area contributed by atoms with Gasteiger partial charge in [0.2, 0.25) is 0 Å². The van der Waals surface area contributed by atoms with E-state index in [1.165, 1.54) is 6.07 Å². The summed E-state index contributed by atoms with van der Waals surface area (Å²) in [6.45, 7) is 0. The molecule has 0 spiro atoms. The molecule has 0 atom stereocenters. The second-order valence-corrected chi connectivity index (χ2v) is 1.97. The van der Waals surface area contributed by atoms with Gasteiger partial charge in [-0.1, -0.05) is 0 Å². The fourth-order valence-corrected chi connectivity index (χ4v) is 0.733. The topological polar surface area (TPSA) is 93.2 Å². The van der Waals surface area contributed by atoms with Gasteiger partial charge in [0.1, 0.15) is 0 Å². The number of carbonyl (C=O) groups is 2. The van der Waals surface area contributed by atoms with Gasteiger partial charge in [-0.3, -0.25) is 4.98 Å². The monoisotopic (exact) mass is 272 g/mol. The van der Waals surface area contributed by atoms with E-state index in [0.717, 1.165) is 12.3 Å². The third kappa shape index (κ3) is 2.66. The van der Waals surface area contributed by atoms with E-state index >= 15 is 0 Å². The Morgan fingerprint density at radius 2 is 1.85 bits per heavy atom. The third-order valence-electron chi connectivity index (χ3n) is 1.22. The predicted octanol–water partition coefficient (Wildman–Crippen LogP) is -2.19. The van der Waals surface area contributed by atoms with Gasteiger partial charge in [0.15, 0.2) is 0 Å². The molecular formula is C7H3AgNO4. The summed E-state index contributed by atoms with van der Waals surface area (Å²) in [6.07, 6.45) is 1.16. The van der Waals surface area contributed by atoms with E-state index in [0.29, 0.717) is 0 Å². The second-order valence-electron chi connectivity index (χ2n) is 1.97. The third-order valence-corrected chi connectivity index (χ3v) is 1.22. The SMILES string of the molecule is O=C([O-])c1cccnc1C(=O)[O-].[Ag+2]. The number of hydrogen-bond acceptors (Lipinski definition) is 5. The molecule has 0 amide bonds. The maximum atomic E-state index is 10.3. The number of aromatic nitrogens is 1. The number of pyridine rings is 1. The first-order valence-electron chi connectivity index (χ1n) is 3.00. The molecule has 0 fully saturated rings. The Morgan fingerprint density at radius 1 is 1.23 bits per heavy atom. The van der Waals surface area contributed by atoms with Gasteiger partial charge in [-0.2, -0.15) is 0 Å². The molecule has 1 aromatic rings. The molecule has 1 rings (SSSR count). The Balaban J connectivity index is 0.00000144. The molecule has 0 aliphatic rings. The Morgan fingerprint density at radius 3 is 2.23 bits per heavy atom. The van der Waals surface area contributed by atoms with Crippen LogP contribution in [-0.4, -0.2) is 16.9 Å². The van der Waals surface area contributed by atoms with E-state index in [1.54, 1.807) is 0 Å². The number of carboxylic acids is 2. The minimum atomic E-state index is -1.63. The van der Waals surface area contributed by atoms with E-state index in [1.807, 2.05) is 0 Å². The smallest absolute Gasteiger partial charge is 0.545 e. The first kappa shape index (κ1) is 11.8. The van der Waals surface area contributed by atoms with E-state index in [9.17, 15) is 19.8 Å². The Kier molecular flexibility index (Phi) is 4.33. The molecule has 5 nitrogen and oxygen atoms in total. The molecule has 0 aliphatic heterocycles. The van der Waals surface area contributed by atoms with Crippen molar-refractivity contribution >= 4 is 11.9 Å². The number of nitrogens with zero attached hydrogens (tertiary/aromatic N) is 1. The van der Waals surface area contributed by atoms with Gasteiger partial charge in [-0.15, -0.1) is 0 Å². The standard InChI is InChI=1S/C7H5NO4.Ag/c9-6(10)4-2-1-3-8-5(4)7(11)12;/h1-3H,(H,9,10)(H,11,12);/q;+2/p-2. The second kappa shape index (κ2) is 4.76. The number of aromatic carboxylic acids is 2. The van der Waals surface area contributed by atoms with E-state index in [4.69, 9.17) is 0 Å². The summed E-state index contributed by atoms with van der Waals surface area (Å²) in [5.74, 6) is -3.21. The van der Waals surface area contributed by atoms with Gasteiger partial charge in [-0.25, -0.2) is 0 Å². The van der Waals surface area contributed by atoms with Crippen molar-refractivity contribution in [2.75, 3.05) is 0 Å². The zero-order valence-corrected chi connectivity index (χ0v) is 7.60. The maximum Gasteiger partial charge on any atom is 2.00 e. The Hall–Kier alpha value is -1.17. The van der Waals surface area contributed by atoms with Crippen LogP contribution < -0.4 is 10.2 Å². The van der Waals surface area contributed by atoms with Crippen LogP contribution in [0.4, 0.5) is 0 Å². The molecular weight excluding hydrogens is 270 g/mol. The van der Waals surface area contributed by atoms with E-state index in [-0.39, 0.29) is 22.4 Å². The molecule has 0 aliphatic carbocycles. The average Bonchev–Trinajstić information content (AvgIpc) is 2.04. The average molecular weight is 273 g/mol. The normalized spacial score (nSPS) is 8.62. The van der Waals surface area contributed by atoms with E-state index < -0.39 is 23.2 Å². The molecule has 1 radical (unpaired) electrons. The van der Waals surface area contributed by atoms with Crippen molar-refractivity contribution in [3.8, 4) is 0 Å². The van der Waals surface area contributed by atoms with Crippen LogP contribution in [0.25, 0.3) is 0 Å². The van der Waals surface area contributed by atoms with Crippen LogP contribution >= 0.6 is 0 Å². The zero-order chi connectivity index (χ0) is 9.14. The van der Waals surface area contributed by atoms with E-state index in [2.05, 4.69) is 4.98 Å². The van der Waals surface area contributed by atoms with Crippen molar-refractivity contribution in [3.05, 3.63) is 29.6 Å². The summed E-state index contributed by atoms with van der Waals surface area (Å²) in [7, 11) is 0. The minimum Gasteiger partial charge on any atom is -0.545 e. The first-order valence-corrected chi connectivity index (χ1v) is 3.00. The minimum absolute atomic E-state index is 0. The van der Waals surface area contributed by atoms with Crippen molar-refractivity contribution in [2.24, 2.45) is 0 Å². The summed E-state index contributed by atoms with van der Waals surface area (Å²) < 4.78 is 0. The van der Waals surface area contributed by atoms with Crippen LogP contribution in [0.15, 0.2) is 18.3 Å². The van der Waals surface area contributed by atoms with Gasteiger partial charge in [-0.05, 0) is 12.1 Å². The number of carboxylic acid groups (broad SMARTS) is 2. The fraction of sp³-hybridized carbons (Fsp3) is 0. The molecule has 0 N–H and O–H groups in total. The van der Waals surface area contributed by atoms with Crippen LogP contribution in [0.1, 0.15) is 20.8 Å². The van der Waals surface area contributed by atoms with Gasteiger partial charge in [0.05, 0.1) is 17.6 Å². The van der Waals surface area contributed by atoms with Crippen LogP contribution in [0.5, 0.6) is 0 Å². The molecule has 0 saturated heterocycles. The number of rotatable bonds is 2. The van der Waals surface area contributed by atoms with Crippen LogP contribution in [0, 0.1) is 0 Å². The van der Waals surface area contributed by atoms with Gasteiger partial charge in [0, 0.05) is 11.8 Å². The van der Waals surface area contributed by atoms with Crippen LogP contribution in [0.3, 0.4) is 0 Å². The summed E-state index contributed by atoms with van der Waals surface area (Å²) >= 11 is 0. The van der Waals surface area contributed by atoms with Gasteiger partial charge in [0.25, 0.3) is 0 Å². The molecule has 13 heavy (non-hydrogen) atoms. The Bertz CT molecular complexity index is 306. The quantitative estimate of drug-likeness (QED) is 0.570. The van der Waals surface area contributed by atoms with Crippen molar-refractivity contribution in [2.45, 2.75) is 0 Å². The van der Waals surface area contributed by atoms with Crippen molar-refractivity contribution in [3.63, 3.8) is 0 Å². The number of hydrogen-bond donors (Lipinski definition) is 0. The molecule has 0 bridgehead atoms. The predicted molar refractivity (Wildman–Crippen MR) is 32.9 cm³/mol. The first-order chi connectivity index (χ1) is 5.63. The largest absolute Gasteiger partial charge is 2.00 e. The molecule has 0 saturated carbocycles. The molecule has 0 unspecified atom stereocenters. The van der Waals surface area contributed by atoms with Gasteiger partial charge >= 0.3 is 22.4 Å². The zero-order valence-electron chi connectivity index (χ0n) is 6.11. The Labute approximate surface area is 88.9 Å². The van der Waals surface area contributed by atoms with Crippen molar-refractivity contribution in [1.29, 1.82) is 0 Å². The maximum absolute atomic E-state index is 10.3. The van der Waals surface area contributed by atoms with Gasteiger partial charge < -0.3 is 19.8 Å². The molecule has 6 heteroatoms. The summed E-state index contributed by atoms with van der Waals surface area (Å²) in [6, 6.07) is 2.39. The molecule has 1 aromatic heterocycles. The molecule has 0 aromatic carbocycles. The van der Waals surface area contributed by atoms with Crippen LogP contribution in [0.2, 0.25) is 0 Å². The van der Waals surface area contributed by atoms with Crippen molar-refractivity contribution in [1.82, 2.24) is 4.98 Å². The van der Waals surface area contributed by atoms with Crippen molar-refractivity contribution < 1.29 is 42.2 Å². The summed E-state index contributed by atoms with van der Waals surface area (Å²) in [5, 5.41) is 20.5. The molecule has 1 heterocycles. The summed E-state index contributed by atoms with van der Waals surface area (Å²) in [4.78, 5) is 23.9. The molecule has 71 valence electrons. The van der Waals surface area contributed by atoms with Crippen LogP contribution in [-0.2, 0) is 22.4 Å². The summed E-state index contributed by atoms with van der Waals surface area (Å²) in [5.41, 5.74) is -1.09.